The Kier molecular flexibility index (Phi) is 8.73. The molecule has 33 heavy (non-hydrogen) atoms. The maximum Gasteiger partial charge on any atom is 2.00 e. The van der Waals surface area contributed by atoms with E-state index in [4.69, 9.17) is 0 Å². The number of aryl methyl sites for hydroxylation is 4. The van der Waals surface area contributed by atoms with E-state index in [0.717, 1.165) is 43.8 Å². The molecule has 4 aromatic rings. The molecule has 9 heteroatoms. The molecule has 0 fully saturated rings. The molecule has 0 atom stereocenters. The quantitative estimate of drug-likeness (QED) is 0.293. The van der Waals surface area contributed by atoms with Gasteiger partial charge in [0.15, 0.2) is 0 Å². The molecule has 168 valence electrons. The van der Waals surface area contributed by atoms with Crippen LogP contribution in [0, 0.1) is 27.7 Å². The summed E-state index contributed by atoms with van der Waals surface area (Å²) in [6.45, 7) is 7.79. The van der Waals surface area contributed by atoms with Crippen LogP contribution in [0.4, 0.5) is 0 Å². The van der Waals surface area contributed by atoms with E-state index in [1.165, 1.54) is 24.3 Å². The van der Waals surface area contributed by atoms with E-state index in [2.05, 4.69) is 0 Å². The van der Waals surface area contributed by atoms with Crippen LogP contribution in [0.1, 0.15) is 22.3 Å². The van der Waals surface area contributed by atoms with E-state index < -0.39 is 20.2 Å². The maximum atomic E-state index is 10.9. The summed E-state index contributed by atoms with van der Waals surface area (Å²) >= 11 is 0. The van der Waals surface area contributed by atoms with Crippen LogP contribution in [-0.2, 0) is 20.2 Å². The van der Waals surface area contributed by atoms with Gasteiger partial charge in [-0.15, -0.1) is 0 Å². The van der Waals surface area contributed by atoms with Crippen molar-refractivity contribution in [2.24, 2.45) is 0 Å². The number of hydrogen-bond acceptors (Lipinski definition) is 6. The van der Waals surface area contributed by atoms with Crippen LogP contribution in [0.15, 0.2) is 70.5 Å². The molecule has 0 unspecified atom stereocenters. The Morgan fingerprint density at radius 2 is 0.879 bits per heavy atom. The van der Waals surface area contributed by atoms with Crippen LogP contribution in [0.3, 0.4) is 0 Å². The normalized spacial score (nSPS) is 11.6. The van der Waals surface area contributed by atoms with Crippen molar-refractivity contribution in [3.8, 4) is 0 Å². The minimum Gasteiger partial charge on any atom is -0.744 e. The Balaban J connectivity index is 0.000000227. The first-order chi connectivity index (χ1) is 14.8. The number of rotatable bonds is 2. The summed E-state index contributed by atoms with van der Waals surface area (Å²) < 4.78 is 65.3. The topological polar surface area (TPSA) is 114 Å². The standard InChI is InChI=1S/2C12H12O3S.Ca/c2*1-8-5-9(2)12-4-3-11(16(13,14)15)7-10(12)6-8;/h2*3-7H,1-2H3,(H,13,14,15);/q;;+2/p-2. The van der Waals surface area contributed by atoms with Crippen molar-refractivity contribution in [1.82, 2.24) is 0 Å². The zero-order chi connectivity index (χ0) is 23.8. The molecule has 6 nitrogen and oxygen atoms in total. The van der Waals surface area contributed by atoms with Gasteiger partial charge in [-0.05, 0) is 84.6 Å². The molecule has 4 aromatic carbocycles. The van der Waals surface area contributed by atoms with Gasteiger partial charge in [0.1, 0.15) is 20.2 Å². The average Bonchev–Trinajstić information content (AvgIpc) is 2.66. The molecule has 0 bridgehead atoms. The summed E-state index contributed by atoms with van der Waals surface area (Å²) in [4.78, 5) is -0.352. The smallest absolute Gasteiger partial charge is 0.744 e. The fraction of sp³-hybridized carbons (Fsp3) is 0.167. The molecule has 0 saturated carbocycles. The second-order valence-electron chi connectivity index (χ2n) is 7.84. The third-order valence-electron chi connectivity index (χ3n) is 5.13. The van der Waals surface area contributed by atoms with E-state index >= 15 is 0 Å². The fourth-order valence-corrected chi connectivity index (χ4v) is 4.77. The minimum absolute atomic E-state index is 0. The van der Waals surface area contributed by atoms with Crippen molar-refractivity contribution in [2.45, 2.75) is 37.5 Å². The van der Waals surface area contributed by atoms with E-state index in [0.29, 0.717) is 0 Å². The van der Waals surface area contributed by atoms with Crippen LogP contribution < -0.4 is 0 Å². The fourth-order valence-electron chi connectivity index (χ4n) is 3.76. The molecule has 0 saturated heterocycles. The summed E-state index contributed by atoms with van der Waals surface area (Å²) in [5.41, 5.74) is 4.24. The SMILES string of the molecule is Cc1cc(C)c2ccc(S(=O)(=O)[O-])cc2c1.Cc1cc(C)c2ccc(S(=O)(=O)[O-])cc2c1.[Ca+2]. The predicted molar refractivity (Wildman–Crippen MR) is 129 cm³/mol. The Labute approximate surface area is 224 Å². The molecular weight excluding hydrogens is 488 g/mol. The molecule has 0 aliphatic carbocycles. The van der Waals surface area contributed by atoms with Crippen LogP contribution in [-0.4, -0.2) is 63.7 Å². The Hall–Kier alpha value is -1.52. The summed E-state index contributed by atoms with van der Waals surface area (Å²) in [5, 5.41) is 3.51. The van der Waals surface area contributed by atoms with Gasteiger partial charge in [-0.25, -0.2) is 16.8 Å². The summed E-state index contributed by atoms with van der Waals surface area (Å²) in [5.74, 6) is 0. The number of fused-ring (bicyclic) bond motifs is 2. The zero-order valence-corrected chi connectivity index (χ0v) is 22.6. The molecular formula is C24H22CaO6S2. The third-order valence-corrected chi connectivity index (χ3v) is 6.79. The van der Waals surface area contributed by atoms with Crippen molar-refractivity contribution < 1.29 is 25.9 Å². The minimum atomic E-state index is -4.37. The Bertz CT molecular complexity index is 1440. The first-order valence-electron chi connectivity index (χ1n) is 9.69. The molecule has 0 spiro atoms. The molecule has 0 aliphatic rings. The summed E-state index contributed by atoms with van der Waals surface area (Å²) in [6, 6.07) is 16.7. The molecule has 0 amide bonds. The first kappa shape index (κ1) is 27.7. The van der Waals surface area contributed by atoms with Gasteiger partial charge in [0.05, 0.1) is 9.79 Å². The van der Waals surface area contributed by atoms with Crippen LogP contribution in [0.5, 0.6) is 0 Å². The number of hydrogen-bond donors (Lipinski definition) is 0. The molecule has 0 heterocycles. The maximum absolute atomic E-state index is 10.9. The van der Waals surface area contributed by atoms with Crippen molar-refractivity contribution >= 4 is 79.5 Å². The second kappa shape index (κ2) is 10.4. The molecule has 4 rings (SSSR count). The van der Waals surface area contributed by atoms with Crippen molar-refractivity contribution in [2.75, 3.05) is 0 Å². The Morgan fingerprint density at radius 3 is 1.18 bits per heavy atom. The summed E-state index contributed by atoms with van der Waals surface area (Å²) in [6.07, 6.45) is 0. The van der Waals surface area contributed by atoms with Crippen molar-refractivity contribution in [3.63, 3.8) is 0 Å². The summed E-state index contributed by atoms with van der Waals surface area (Å²) in [7, 11) is -8.74. The van der Waals surface area contributed by atoms with Gasteiger partial charge in [-0.1, -0.05) is 47.5 Å². The van der Waals surface area contributed by atoms with Crippen LogP contribution >= 0.6 is 0 Å². The van der Waals surface area contributed by atoms with Crippen LogP contribution in [0.2, 0.25) is 0 Å². The van der Waals surface area contributed by atoms with Gasteiger partial charge >= 0.3 is 37.7 Å². The van der Waals surface area contributed by atoms with Gasteiger partial charge in [-0.2, -0.15) is 0 Å². The third kappa shape index (κ3) is 6.76. The monoisotopic (exact) mass is 510 g/mol. The zero-order valence-electron chi connectivity index (χ0n) is 18.7. The Morgan fingerprint density at radius 1 is 0.545 bits per heavy atom. The average molecular weight is 511 g/mol. The van der Waals surface area contributed by atoms with E-state index in [9.17, 15) is 25.9 Å². The number of benzene rings is 4. The first-order valence-corrected chi connectivity index (χ1v) is 12.5. The van der Waals surface area contributed by atoms with Crippen molar-refractivity contribution in [1.29, 1.82) is 0 Å². The van der Waals surface area contributed by atoms with Gasteiger partial charge in [-0.3, -0.25) is 0 Å². The van der Waals surface area contributed by atoms with Gasteiger partial charge in [0, 0.05) is 0 Å². The van der Waals surface area contributed by atoms with Crippen molar-refractivity contribution in [3.05, 3.63) is 82.9 Å². The molecule has 0 aliphatic heterocycles. The molecule has 0 aromatic heterocycles. The molecule has 0 N–H and O–H groups in total. The van der Waals surface area contributed by atoms with Gasteiger partial charge in [0.25, 0.3) is 0 Å². The van der Waals surface area contributed by atoms with Crippen LogP contribution in [0.25, 0.3) is 21.5 Å². The second-order valence-corrected chi connectivity index (χ2v) is 10.6. The van der Waals surface area contributed by atoms with E-state index in [1.807, 2.05) is 52.0 Å². The predicted octanol–water partition coefficient (Wildman–Crippen LogP) is 4.34. The molecule has 0 radical (unpaired) electrons. The van der Waals surface area contributed by atoms with E-state index in [1.54, 1.807) is 12.1 Å². The van der Waals surface area contributed by atoms with Gasteiger partial charge in [0.2, 0.25) is 0 Å². The van der Waals surface area contributed by atoms with E-state index in [-0.39, 0.29) is 47.5 Å². The largest absolute Gasteiger partial charge is 2.00 e. The van der Waals surface area contributed by atoms with Gasteiger partial charge < -0.3 is 9.11 Å².